The van der Waals surface area contributed by atoms with E-state index in [1.165, 1.54) is 6.92 Å². The van der Waals surface area contributed by atoms with Crippen molar-refractivity contribution in [2.45, 2.75) is 6.92 Å². The number of carbonyl (C=O) groups is 1. The van der Waals surface area contributed by atoms with Crippen LogP contribution in [0.3, 0.4) is 0 Å². The molecule has 0 radical (unpaired) electrons. The second-order valence-corrected chi connectivity index (χ2v) is 7.29. The number of para-hydroxylation sites is 1. The molecule has 0 aliphatic carbocycles. The Bertz CT molecular complexity index is 1440. The number of ether oxygens (including phenoxy) is 1. The molecular weight excluding hydrogens is 388 g/mol. The van der Waals surface area contributed by atoms with E-state index in [1.807, 2.05) is 54.6 Å². The molecule has 3 N–H and O–H groups in total. The molecule has 3 aromatic carbocycles. The number of carbonyl (C=O) groups excluding carboxylic acids is 1. The van der Waals surface area contributed by atoms with Crippen LogP contribution in [0, 0.1) is 0 Å². The van der Waals surface area contributed by atoms with Crippen LogP contribution < -0.4 is 15.8 Å². The predicted octanol–water partition coefficient (Wildman–Crippen LogP) is 5.51. The first-order valence-corrected chi connectivity index (χ1v) is 9.89. The van der Waals surface area contributed by atoms with Gasteiger partial charge in [-0.25, -0.2) is 4.98 Å². The fraction of sp³-hybridized carbons (Fsp3) is 0.0400. The molecular formula is C25H20N4O2. The maximum atomic E-state index is 11.5. The van der Waals surface area contributed by atoms with Gasteiger partial charge in [0.25, 0.3) is 0 Å². The van der Waals surface area contributed by atoms with E-state index in [2.05, 4.69) is 27.0 Å². The number of fused-ring (bicyclic) bond motifs is 3. The van der Waals surface area contributed by atoms with Crippen LogP contribution in [-0.2, 0) is 4.79 Å². The Morgan fingerprint density at radius 1 is 0.903 bits per heavy atom. The van der Waals surface area contributed by atoms with Gasteiger partial charge >= 0.3 is 0 Å². The van der Waals surface area contributed by atoms with Crippen molar-refractivity contribution in [2.24, 2.45) is 0 Å². The maximum absolute atomic E-state index is 11.5. The number of hydrogen-bond donors (Lipinski definition) is 2. The van der Waals surface area contributed by atoms with Crippen molar-refractivity contribution in [1.29, 1.82) is 0 Å². The molecule has 0 saturated heterocycles. The number of pyridine rings is 1. The number of aromatic nitrogens is 2. The summed E-state index contributed by atoms with van der Waals surface area (Å²) in [4.78, 5) is 16.1. The van der Waals surface area contributed by atoms with E-state index in [-0.39, 0.29) is 5.91 Å². The van der Waals surface area contributed by atoms with Gasteiger partial charge in [0.15, 0.2) is 0 Å². The summed E-state index contributed by atoms with van der Waals surface area (Å²) in [5, 5.41) is 5.02. The lowest BCUT2D eigenvalue weighted by Crippen LogP contribution is -2.07. The summed E-state index contributed by atoms with van der Waals surface area (Å²) < 4.78 is 8.13. The van der Waals surface area contributed by atoms with Gasteiger partial charge < -0.3 is 15.8 Å². The van der Waals surface area contributed by atoms with Gasteiger partial charge in [0.2, 0.25) is 5.91 Å². The molecule has 0 aliphatic rings. The van der Waals surface area contributed by atoms with Crippen LogP contribution >= 0.6 is 0 Å². The number of nitrogens with one attached hydrogen (secondary N) is 1. The number of nitrogens with two attached hydrogens (primary N) is 1. The molecule has 0 atom stereocenters. The zero-order valence-corrected chi connectivity index (χ0v) is 16.9. The van der Waals surface area contributed by atoms with E-state index in [4.69, 9.17) is 10.5 Å². The maximum Gasteiger partial charge on any atom is 0.221 e. The van der Waals surface area contributed by atoms with Gasteiger partial charge in [-0.05, 0) is 36.4 Å². The predicted molar refractivity (Wildman–Crippen MR) is 124 cm³/mol. The van der Waals surface area contributed by atoms with Crippen molar-refractivity contribution in [1.82, 2.24) is 9.55 Å². The summed E-state index contributed by atoms with van der Waals surface area (Å²) in [7, 11) is 0. The smallest absolute Gasteiger partial charge is 0.221 e. The highest BCUT2D eigenvalue weighted by molar-refractivity contribution is 6.09. The third kappa shape index (κ3) is 3.55. The first-order chi connectivity index (χ1) is 15.1. The largest absolute Gasteiger partial charge is 0.457 e. The Hall–Kier alpha value is -4.32. The average Bonchev–Trinajstić information content (AvgIpc) is 3.07. The summed E-state index contributed by atoms with van der Waals surface area (Å²) >= 11 is 0. The van der Waals surface area contributed by atoms with Crippen LogP contribution in [0.5, 0.6) is 11.5 Å². The Morgan fingerprint density at radius 3 is 2.55 bits per heavy atom. The first kappa shape index (κ1) is 18.7. The molecule has 2 aromatic heterocycles. The quantitative estimate of drug-likeness (QED) is 0.384. The van der Waals surface area contributed by atoms with Gasteiger partial charge in [-0.3, -0.25) is 9.36 Å². The second kappa shape index (κ2) is 7.50. The fourth-order valence-electron chi connectivity index (χ4n) is 3.80. The molecule has 0 fully saturated rings. The van der Waals surface area contributed by atoms with Crippen molar-refractivity contribution in [2.75, 3.05) is 11.1 Å². The van der Waals surface area contributed by atoms with Gasteiger partial charge in [0.1, 0.15) is 17.3 Å². The molecule has 0 bridgehead atoms. The summed E-state index contributed by atoms with van der Waals surface area (Å²) in [5.41, 5.74) is 9.19. The molecule has 6 heteroatoms. The normalized spacial score (nSPS) is 11.0. The molecule has 31 heavy (non-hydrogen) atoms. The minimum Gasteiger partial charge on any atom is -0.457 e. The number of rotatable bonds is 4. The van der Waals surface area contributed by atoms with Crippen LogP contribution in [0.2, 0.25) is 0 Å². The highest BCUT2D eigenvalue weighted by Gasteiger charge is 2.14. The molecule has 1 amide bonds. The first-order valence-electron chi connectivity index (χ1n) is 9.89. The van der Waals surface area contributed by atoms with Crippen molar-refractivity contribution in [3.8, 4) is 17.3 Å². The zero-order valence-electron chi connectivity index (χ0n) is 16.9. The van der Waals surface area contributed by atoms with Crippen LogP contribution in [0.25, 0.3) is 27.6 Å². The molecule has 0 saturated carbocycles. The third-order valence-electron chi connectivity index (χ3n) is 5.03. The summed E-state index contributed by atoms with van der Waals surface area (Å²) in [6.07, 6.45) is 1.69. The summed E-state index contributed by atoms with van der Waals surface area (Å²) in [6.45, 7) is 1.49. The van der Waals surface area contributed by atoms with Crippen molar-refractivity contribution >= 4 is 39.1 Å². The number of nitrogen functional groups attached to an aromatic ring is 1. The van der Waals surface area contributed by atoms with Crippen molar-refractivity contribution in [3.05, 3.63) is 85.1 Å². The van der Waals surface area contributed by atoms with Crippen LogP contribution in [0.15, 0.2) is 85.1 Å². The highest BCUT2D eigenvalue weighted by atomic mass is 16.5. The number of amides is 1. The Labute approximate surface area is 178 Å². The van der Waals surface area contributed by atoms with Crippen LogP contribution in [0.1, 0.15) is 6.92 Å². The lowest BCUT2D eigenvalue weighted by atomic mass is 10.1. The van der Waals surface area contributed by atoms with E-state index < -0.39 is 0 Å². The summed E-state index contributed by atoms with van der Waals surface area (Å²) in [5.74, 6) is 1.95. The minimum absolute atomic E-state index is 0.128. The highest BCUT2D eigenvalue weighted by Crippen LogP contribution is 2.35. The van der Waals surface area contributed by atoms with Crippen LogP contribution in [-0.4, -0.2) is 15.5 Å². The van der Waals surface area contributed by atoms with Crippen molar-refractivity contribution in [3.63, 3.8) is 0 Å². The second-order valence-electron chi connectivity index (χ2n) is 7.29. The van der Waals surface area contributed by atoms with E-state index >= 15 is 0 Å². The molecule has 5 aromatic rings. The number of nitrogens with zero attached hydrogens (tertiary/aromatic N) is 2. The third-order valence-corrected chi connectivity index (χ3v) is 5.03. The van der Waals surface area contributed by atoms with E-state index in [0.29, 0.717) is 28.7 Å². The summed E-state index contributed by atoms with van der Waals surface area (Å²) in [6, 6.07) is 25.1. The lowest BCUT2D eigenvalue weighted by Gasteiger charge is -2.10. The van der Waals surface area contributed by atoms with E-state index in [1.54, 1.807) is 18.3 Å². The topological polar surface area (TPSA) is 82.2 Å². The Balaban J connectivity index is 1.69. The SMILES string of the molecule is CC(=O)Nc1ccnc(-n2c3ccccc3c3ccc(Oc4cccc(N)c4)cc32)c1. The van der Waals surface area contributed by atoms with Gasteiger partial charge in [-0.1, -0.05) is 24.3 Å². The monoisotopic (exact) mass is 408 g/mol. The fourth-order valence-corrected chi connectivity index (χ4v) is 3.80. The van der Waals surface area contributed by atoms with E-state index in [9.17, 15) is 4.79 Å². The Morgan fingerprint density at radius 2 is 1.71 bits per heavy atom. The molecule has 0 unspecified atom stereocenters. The molecule has 2 heterocycles. The van der Waals surface area contributed by atoms with Crippen molar-refractivity contribution < 1.29 is 9.53 Å². The lowest BCUT2D eigenvalue weighted by molar-refractivity contribution is -0.114. The van der Waals surface area contributed by atoms with Gasteiger partial charge in [-0.2, -0.15) is 0 Å². The molecule has 152 valence electrons. The number of hydrogen-bond acceptors (Lipinski definition) is 4. The standard InChI is InChI=1S/C25H20N4O2/c1-16(30)28-18-11-12-27-25(14-18)29-23-8-3-2-7-21(23)22-10-9-20(15-24(22)29)31-19-6-4-5-17(26)13-19/h2-15H,26H2,1H3,(H,27,28,30). The molecule has 5 rings (SSSR count). The number of anilines is 2. The van der Waals surface area contributed by atoms with E-state index in [0.717, 1.165) is 21.8 Å². The van der Waals surface area contributed by atoms with Crippen LogP contribution in [0.4, 0.5) is 11.4 Å². The van der Waals surface area contributed by atoms with Gasteiger partial charge in [-0.15, -0.1) is 0 Å². The average molecular weight is 408 g/mol. The van der Waals surface area contributed by atoms with Gasteiger partial charge in [0, 0.05) is 53.5 Å². The zero-order chi connectivity index (χ0) is 21.4. The Kier molecular flexibility index (Phi) is 4.52. The molecule has 6 nitrogen and oxygen atoms in total. The molecule has 0 aliphatic heterocycles. The number of benzene rings is 3. The minimum atomic E-state index is -0.128. The molecule has 0 spiro atoms. The van der Waals surface area contributed by atoms with Gasteiger partial charge in [0.05, 0.1) is 11.0 Å².